The summed E-state index contributed by atoms with van der Waals surface area (Å²) in [6, 6.07) is 4.35. The van der Waals surface area contributed by atoms with Crippen LogP contribution in [0.2, 0.25) is 0 Å². The van der Waals surface area contributed by atoms with Crippen LogP contribution in [0.4, 0.5) is 4.39 Å². The third-order valence-corrected chi connectivity index (χ3v) is 3.61. The molecule has 17 heavy (non-hydrogen) atoms. The normalized spacial score (nSPS) is 19.3. The van der Waals surface area contributed by atoms with Crippen molar-refractivity contribution in [2.24, 2.45) is 0 Å². The maximum absolute atomic E-state index is 13.0. The summed E-state index contributed by atoms with van der Waals surface area (Å²) >= 11 is 3.33. The van der Waals surface area contributed by atoms with E-state index in [4.69, 9.17) is 0 Å². The zero-order valence-electron chi connectivity index (χ0n) is 9.30. The molecule has 92 valence electrons. The highest BCUT2D eigenvalue weighted by molar-refractivity contribution is 9.10. The topological polar surface area (TPSA) is 41.1 Å². The molecule has 1 amide bonds. The van der Waals surface area contributed by atoms with E-state index >= 15 is 0 Å². The van der Waals surface area contributed by atoms with Gasteiger partial charge in [0.1, 0.15) is 5.82 Å². The molecule has 2 rings (SSSR count). The van der Waals surface area contributed by atoms with Gasteiger partial charge in [0.15, 0.2) is 0 Å². The second-order valence-electron chi connectivity index (χ2n) is 4.10. The van der Waals surface area contributed by atoms with Crippen LogP contribution in [0.25, 0.3) is 0 Å². The summed E-state index contributed by atoms with van der Waals surface area (Å²) in [5.74, 6) is -0.310. The van der Waals surface area contributed by atoms with Crippen molar-refractivity contribution in [2.45, 2.75) is 25.4 Å². The van der Waals surface area contributed by atoms with Gasteiger partial charge < -0.3 is 10.6 Å². The Balaban J connectivity index is 1.92. The molecule has 1 fully saturated rings. The van der Waals surface area contributed by atoms with Gasteiger partial charge in [-0.3, -0.25) is 4.79 Å². The first kappa shape index (κ1) is 12.5. The van der Waals surface area contributed by atoms with Crippen molar-refractivity contribution in [2.75, 3.05) is 6.54 Å². The molecular weight excluding hydrogens is 287 g/mol. The van der Waals surface area contributed by atoms with Crippen LogP contribution in [0.5, 0.6) is 0 Å². The lowest BCUT2D eigenvalue weighted by molar-refractivity contribution is -0.122. The molecule has 1 aromatic rings. The van der Waals surface area contributed by atoms with Crippen molar-refractivity contribution in [3.63, 3.8) is 0 Å². The SMILES string of the molecule is O=C(NCc1cc(F)ccc1Br)C1CCCN1. The summed E-state index contributed by atoms with van der Waals surface area (Å²) < 4.78 is 13.8. The van der Waals surface area contributed by atoms with Crippen molar-refractivity contribution in [3.05, 3.63) is 34.1 Å². The second kappa shape index (κ2) is 5.60. The zero-order valence-corrected chi connectivity index (χ0v) is 10.9. The number of amides is 1. The van der Waals surface area contributed by atoms with Gasteiger partial charge in [-0.2, -0.15) is 0 Å². The summed E-state index contributed by atoms with van der Waals surface area (Å²) in [5.41, 5.74) is 0.747. The molecule has 0 spiro atoms. The number of benzene rings is 1. The number of halogens is 2. The van der Waals surface area contributed by atoms with Crippen LogP contribution >= 0.6 is 15.9 Å². The summed E-state index contributed by atoms with van der Waals surface area (Å²) in [6.45, 7) is 1.23. The Labute approximate surface area is 108 Å². The lowest BCUT2D eigenvalue weighted by atomic mass is 10.2. The van der Waals surface area contributed by atoms with Gasteiger partial charge in [0, 0.05) is 11.0 Å². The van der Waals surface area contributed by atoms with Crippen LogP contribution in [-0.4, -0.2) is 18.5 Å². The molecule has 0 aliphatic carbocycles. The van der Waals surface area contributed by atoms with Crippen molar-refractivity contribution in [1.29, 1.82) is 0 Å². The number of carbonyl (C=O) groups is 1. The molecule has 0 bridgehead atoms. The fourth-order valence-electron chi connectivity index (χ4n) is 1.89. The van der Waals surface area contributed by atoms with E-state index < -0.39 is 0 Å². The Hall–Kier alpha value is -0.940. The van der Waals surface area contributed by atoms with E-state index in [2.05, 4.69) is 26.6 Å². The zero-order chi connectivity index (χ0) is 12.3. The number of nitrogens with one attached hydrogen (secondary N) is 2. The first-order chi connectivity index (χ1) is 8.16. The van der Waals surface area contributed by atoms with Gasteiger partial charge in [-0.15, -0.1) is 0 Å². The third kappa shape index (κ3) is 3.26. The Kier molecular flexibility index (Phi) is 4.12. The highest BCUT2D eigenvalue weighted by atomic mass is 79.9. The predicted octanol–water partition coefficient (Wildman–Crippen LogP) is 1.96. The molecule has 0 aromatic heterocycles. The fraction of sp³-hybridized carbons (Fsp3) is 0.417. The highest BCUT2D eigenvalue weighted by Crippen LogP contribution is 2.17. The van der Waals surface area contributed by atoms with Crippen molar-refractivity contribution >= 4 is 21.8 Å². The average molecular weight is 301 g/mol. The van der Waals surface area contributed by atoms with Crippen LogP contribution in [0.1, 0.15) is 18.4 Å². The summed E-state index contributed by atoms with van der Waals surface area (Å²) in [6.07, 6.45) is 1.90. The molecule has 1 aromatic carbocycles. The molecule has 1 saturated heterocycles. The van der Waals surface area contributed by atoms with Gasteiger partial charge in [-0.25, -0.2) is 4.39 Å². The van der Waals surface area contributed by atoms with Gasteiger partial charge >= 0.3 is 0 Å². The Morgan fingerprint density at radius 1 is 1.59 bits per heavy atom. The molecule has 1 unspecified atom stereocenters. The van der Waals surface area contributed by atoms with E-state index in [1.54, 1.807) is 6.07 Å². The molecular formula is C12H14BrFN2O. The van der Waals surface area contributed by atoms with Crippen LogP contribution in [0, 0.1) is 5.82 Å². The minimum atomic E-state index is -0.295. The van der Waals surface area contributed by atoms with E-state index in [9.17, 15) is 9.18 Å². The Morgan fingerprint density at radius 2 is 2.41 bits per heavy atom. The predicted molar refractivity (Wildman–Crippen MR) is 67.0 cm³/mol. The molecule has 1 aliphatic rings. The quantitative estimate of drug-likeness (QED) is 0.896. The molecule has 2 N–H and O–H groups in total. The lowest BCUT2D eigenvalue weighted by Crippen LogP contribution is -2.40. The molecule has 0 saturated carbocycles. The Bertz CT molecular complexity index is 419. The molecule has 3 nitrogen and oxygen atoms in total. The highest BCUT2D eigenvalue weighted by Gasteiger charge is 2.21. The van der Waals surface area contributed by atoms with Crippen molar-refractivity contribution in [1.82, 2.24) is 10.6 Å². The monoisotopic (exact) mass is 300 g/mol. The summed E-state index contributed by atoms with van der Waals surface area (Å²) in [4.78, 5) is 11.7. The minimum absolute atomic E-state index is 0.0151. The molecule has 5 heteroatoms. The lowest BCUT2D eigenvalue weighted by Gasteiger charge is -2.11. The van der Waals surface area contributed by atoms with Crippen LogP contribution in [-0.2, 0) is 11.3 Å². The van der Waals surface area contributed by atoms with Gasteiger partial charge in [-0.1, -0.05) is 15.9 Å². The first-order valence-corrected chi connectivity index (χ1v) is 6.41. The van der Waals surface area contributed by atoms with Crippen molar-refractivity contribution < 1.29 is 9.18 Å². The fourth-order valence-corrected chi connectivity index (χ4v) is 2.28. The van der Waals surface area contributed by atoms with E-state index in [1.165, 1.54) is 12.1 Å². The van der Waals surface area contributed by atoms with Crippen LogP contribution in [0.15, 0.2) is 22.7 Å². The average Bonchev–Trinajstić information content (AvgIpc) is 2.83. The maximum atomic E-state index is 13.0. The number of hydrogen-bond donors (Lipinski definition) is 2. The smallest absolute Gasteiger partial charge is 0.237 e. The number of hydrogen-bond acceptors (Lipinski definition) is 2. The second-order valence-corrected chi connectivity index (χ2v) is 4.96. The minimum Gasteiger partial charge on any atom is -0.351 e. The van der Waals surface area contributed by atoms with E-state index in [-0.39, 0.29) is 17.8 Å². The molecule has 1 aliphatic heterocycles. The number of carbonyl (C=O) groups excluding carboxylic acids is 1. The third-order valence-electron chi connectivity index (χ3n) is 2.84. The largest absolute Gasteiger partial charge is 0.351 e. The standard InChI is InChI=1S/C12H14BrFN2O/c13-10-4-3-9(14)6-8(10)7-16-12(17)11-2-1-5-15-11/h3-4,6,11,15H,1-2,5,7H2,(H,16,17). The van der Waals surface area contributed by atoms with Gasteiger partial charge in [0.05, 0.1) is 6.04 Å². The number of rotatable bonds is 3. The van der Waals surface area contributed by atoms with Crippen LogP contribution < -0.4 is 10.6 Å². The molecule has 0 radical (unpaired) electrons. The maximum Gasteiger partial charge on any atom is 0.237 e. The van der Waals surface area contributed by atoms with Gasteiger partial charge in [0.2, 0.25) is 5.91 Å². The van der Waals surface area contributed by atoms with E-state index in [0.29, 0.717) is 6.54 Å². The summed E-state index contributed by atoms with van der Waals surface area (Å²) in [7, 11) is 0. The molecule has 1 heterocycles. The molecule has 1 atom stereocenters. The first-order valence-electron chi connectivity index (χ1n) is 5.62. The van der Waals surface area contributed by atoms with Crippen LogP contribution in [0.3, 0.4) is 0 Å². The van der Waals surface area contributed by atoms with Gasteiger partial charge in [-0.05, 0) is 43.1 Å². The van der Waals surface area contributed by atoms with Crippen molar-refractivity contribution in [3.8, 4) is 0 Å². The Morgan fingerprint density at radius 3 is 3.12 bits per heavy atom. The van der Waals surface area contributed by atoms with Gasteiger partial charge in [0.25, 0.3) is 0 Å². The van der Waals surface area contributed by atoms with E-state index in [0.717, 1.165) is 29.4 Å². The summed E-state index contributed by atoms with van der Waals surface area (Å²) in [5, 5.41) is 5.93. The van der Waals surface area contributed by atoms with E-state index in [1.807, 2.05) is 0 Å².